The minimum absolute atomic E-state index is 0.0184. The van der Waals surface area contributed by atoms with E-state index in [9.17, 15) is 4.79 Å². The zero-order chi connectivity index (χ0) is 18.6. The number of thiazole rings is 1. The lowest BCUT2D eigenvalue weighted by atomic mass is 10.2. The second kappa shape index (κ2) is 8.06. The van der Waals surface area contributed by atoms with Gasteiger partial charge in [0, 0.05) is 0 Å². The molecular formula is C21H23N3O2S. The highest BCUT2D eigenvalue weighted by atomic mass is 32.1. The zero-order valence-electron chi connectivity index (χ0n) is 15.4. The summed E-state index contributed by atoms with van der Waals surface area (Å²) >= 11 is 1.73. The normalized spacial score (nSPS) is 17.3. The van der Waals surface area contributed by atoms with Gasteiger partial charge in [0.25, 0.3) is 0 Å². The highest BCUT2D eigenvalue weighted by Gasteiger charge is 2.30. The number of aromatic nitrogens is 1. The van der Waals surface area contributed by atoms with Gasteiger partial charge in [-0.05, 0) is 50.6 Å². The Kier molecular flexibility index (Phi) is 5.36. The van der Waals surface area contributed by atoms with Gasteiger partial charge in [0.1, 0.15) is 10.8 Å². The van der Waals surface area contributed by atoms with E-state index in [2.05, 4.69) is 16.3 Å². The number of carbonyl (C=O) groups is 1. The summed E-state index contributed by atoms with van der Waals surface area (Å²) in [6.45, 7) is 3.78. The molecule has 2 heterocycles. The van der Waals surface area contributed by atoms with E-state index in [1.165, 1.54) is 4.70 Å². The molecular weight excluding hydrogens is 358 g/mol. The number of carbonyl (C=O) groups excluding carboxylic acids is 1. The topological polar surface area (TPSA) is 54.5 Å². The molecule has 0 bridgehead atoms. The molecule has 3 aromatic rings. The van der Waals surface area contributed by atoms with Gasteiger partial charge >= 0.3 is 0 Å². The summed E-state index contributed by atoms with van der Waals surface area (Å²) in [4.78, 5) is 19.7. The lowest BCUT2D eigenvalue weighted by Gasteiger charge is -2.22. The molecule has 1 N–H and O–H groups in total. The largest absolute Gasteiger partial charge is 0.492 e. The monoisotopic (exact) mass is 381 g/mol. The third-order valence-electron chi connectivity index (χ3n) is 4.77. The first-order valence-corrected chi connectivity index (χ1v) is 10.2. The summed E-state index contributed by atoms with van der Waals surface area (Å²) in [6.07, 6.45) is 2.13. The minimum Gasteiger partial charge on any atom is -0.492 e. The van der Waals surface area contributed by atoms with E-state index in [1.54, 1.807) is 11.3 Å². The van der Waals surface area contributed by atoms with Crippen LogP contribution >= 0.6 is 11.3 Å². The third kappa shape index (κ3) is 3.96. The molecule has 1 unspecified atom stereocenters. The van der Waals surface area contributed by atoms with Crippen molar-refractivity contribution in [1.82, 2.24) is 9.88 Å². The minimum atomic E-state index is -0.0184. The average molecular weight is 382 g/mol. The number of hydrogen-bond acceptors (Lipinski definition) is 5. The molecule has 27 heavy (non-hydrogen) atoms. The van der Waals surface area contributed by atoms with Crippen LogP contribution in [0.2, 0.25) is 0 Å². The Hall–Kier alpha value is -2.44. The summed E-state index contributed by atoms with van der Waals surface area (Å²) < 4.78 is 6.80. The Morgan fingerprint density at radius 2 is 2.07 bits per heavy atom. The van der Waals surface area contributed by atoms with E-state index in [4.69, 9.17) is 9.72 Å². The van der Waals surface area contributed by atoms with Crippen molar-refractivity contribution in [2.45, 2.75) is 25.8 Å². The Bertz CT molecular complexity index is 907. The van der Waals surface area contributed by atoms with E-state index in [-0.39, 0.29) is 11.9 Å². The fourth-order valence-electron chi connectivity index (χ4n) is 3.55. The van der Waals surface area contributed by atoms with Crippen LogP contribution in [0.5, 0.6) is 5.75 Å². The zero-order valence-corrected chi connectivity index (χ0v) is 16.2. The predicted octanol–water partition coefficient (Wildman–Crippen LogP) is 4.47. The summed E-state index contributed by atoms with van der Waals surface area (Å²) in [5.41, 5.74) is 1.76. The maximum Gasteiger partial charge on any atom is 0.238 e. The molecule has 0 radical (unpaired) electrons. The van der Waals surface area contributed by atoms with Crippen LogP contribution < -0.4 is 10.1 Å². The predicted molar refractivity (Wildman–Crippen MR) is 109 cm³/mol. The smallest absolute Gasteiger partial charge is 0.238 e. The van der Waals surface area contributed by atoms with Crippen molar-refractivity contribution in [3.8, 4) is 5.75 Å². The van der Waals surface area contributed by atoms with Crippen LogP contribution in [0.4, 0.5) is 5.69 Å². The highest BCUT2D eigenvalue weighted by Crippen LogP contribution is 2.36. The second-order valence-corrected chi connectivity index (χ2v) is 7.69. The van der Waals surface area contributed by atoms with Gasteiger partial charge < -0.3 is 10.1 Å². The van der Waals surface area contributed by atoms with Crippen molar-refractivity contribution in [3.63, 3.8) is 0 Å². The molecule has 0 saturated carbocycles. The fraction of sp³-hybridized carbons (Fsp3) is 0.333. The van der Waals surface area contributed by atoms with Crippen LogP contribution in [-0.4, -0.2) is 35.5 Å². The summed E-state index contributed by atoms with van der Waals surface area (Å²) in [5, 5.41) is 4.11. The van der Waals surface area contributed by atoms with Crippen LogP contribution in [-0.2, 0) is 4.79 Å². The molecule has 1 fully saturated rings. The van der Waals surface area contributed by atoms with E-state index < -0.39 is 0 Å². The Labute approximate surface area is 163 Å². The molecule has 1 saturated heterocycles. The van der Waals surface area contributed by atoms with Crippen LogP contribution in [0.1, 0.15) is 30.8 Å². The van der Waals surface area contributed by atoms with E-state index >= 15 is 0 Å². The van der Waals surface area contributed by atoms with Gasteiger partial charge in [-0.2, -0.15) is 0 Å². The number of ether oxygens (including phenoxy) is 1. The molecule has 1 aromatic heterocycles. The standard InChI is InChI=1S/C21H23N3O2S/c1-2-26-18-11-5-3-8-15(18)22-20(25)14-24-13-7-10-17(24)21-23-16-9-4-6-12-19(16)27-21/h3-6,8-9,11-12,17H,2,7,10,13-14H2,1H3,(H,22,25). The van der Waals surface area contributed by atoms with Crippen molar-refractivity contribution < 1.29 is 9.53 Å². The fourth-order valence-corrected chi connectivity index (χ4v) is 4.69. The molecule has 1 amide bonds. The van der Waals surface area contributed by atoms with Crippen molar-refractivity contribution in [3.05, 3.63) is 53.5 Å². The number of para-hydroxylation sites is 3. The molecule has 1 aliphatic rings. The summed E-state index contributed by atoms with van der Waals surface area (Å²) in [5.74, 6) is 0.688. The molecule has 6 heteroatoms. The number of nitrogens with one attached hydrogen (secondary N) is 1. The maximum atomic E-state index is 12.6. The lowest BCUT2D eigenvalue weighted by molar-refractivity contribution is -0.117. The van der Waals surface area contributed by atoms with Crippen LogP contribution in [0.15, 0.2) is 48.5 Å². The Morgan fingerprint density at radius 3 is 2.93 bits per heavy atom. The van der Waals surface area contributed by atoms with Crippen molar-refractivity contribution in [1.29, 1.82) is 0 Å². The lowest BCUT2D eigenvalue weighted by Crippen LogP contribution is -2.33. The van der Waals surface area contributed by atoms with Gasteiger partial charge in [-0.3, -0.25) is 9.69 Å². The molecule has 140 valence electrons. The molecule has 0 aliphatic carbocycles. The highest BCUT2D eigenvalue weighted by molar-refractivity contribution is 7.18. The van der Waals surface area contributed by atoms with Crippen molar-refractivity contribution in [2.24, 2.45) is 0 Å². The van der Waals surface area contributed by atoms with Gasteiger partial charge in [-0.1, -0.05) is 24.3 Å². The van der Waals surface area contributed by atoms with Gasteiger partial charge in [0.05, 0.1) is 35.1 Å². The number of anilines is 1. The number of hydrogen-bond donors (Lipinski definition) is 1. The van der Waals surface area contributed by atoms with Gasteiger partial charge in [-0.25, -0.2) is 4.98 Å². The van der Waals surface area contributed by atoms with E-state index in [0.717, 1.165) is 35.6 Å². The number of fused-ring (bicyclic) bond motifs is 1. The number of amides is 1. The average Bonchev–Trinajstić information content (AvgIpc) is 3.29. The Balaban J connectivity index is 1.46. The molecule has 2 aromatic carbocycles. The molecule has 0 spiro atoms. The number of rotatable bonds is 6. The second-order valence-electron chi connectivity index (χ2n) is 6.63. The van der Waals surface area contributed by atoms with Crippen LogP contribution in [0, 0.1) is 0 Å². The SMILES string of the molecule is CCOc1ccccc1NC(=O)CN1CCCC1c1nc2ccccc2s1. The maximum absolute atomic E-state index is 12.6. The Morgan fingerprint density at radius 1 is 1.26 bits per heavy atom. The third-order valence-corrected chi connectivity index (χ3v) is 5.90. The van der Waals surface area contributed by atoms with E-state index in [0.29, 0.717) is 18.9 Å². The number of nitrogens with zero attached hydrogens (tertiary/aromatic N) is 2. The quantitative estimate of drug-likeness (QED) is 0.684. The van der Waals surface area contributed by atoms with Gasteiger partial charge in [-0.15, -0.1) is 11.3 Å². The first-order valence-electron chi connectivity index (χ1n) is 9.36. The first kappa shape index (κ1) is 17.9. The van der Waals surface area contributed by atoms with Gasteiger partial charge in [0.15, 0.2) is 0 Å². The first-order chi connectivity index (χ1) is 13.2. The number of likely N-dealkylation sites (tertiary alicyclic amines) is 1. The molecule has 1 aliphatic heterocycles. The summed E-state index contributed by atoms with van der Waals surface area (Å²) in [7, 11) is 0. The molecule has 5 nitrogen and oxygen atoms in total. The number of benzene rings is 2. The molecule has 1 atom stereocenters. The van der Waals surface area contributed by atoms with Gasteiger partial charge in [0.2, 0.25) is 5.91 Å². The summed E-state index contributed by atoms with van der Waals surface area (Å²) in [6, 6.07) is 16.0. The van der Waals surface area contributed by atoms with Crippen molar-refractivity contribution in [2.75, 3.05) is 25.0 Å². The molecule has 4 rings (SSSR count). The van der Waals surface area contributed by atoms with Crippen LogP contribution in [0.3, 0.4) is 0 Å². The van der Waals surface area contributed by atoms with Crippen LogP contribution in [0.25, 0.3) is 10.2 Å². The van der Waals surface area contributed by atoms with E-state index in [1.807, 2.05) is 49.4 Å². The van der Waals surface area contributed by atoms with Crippen molar-refractivity contribution >= 4 is 33.1 Å².